The lowest BCUT2D eigenvalue weighted by Crippen LogP contribution is -2.32. The van der Waals surface area contributed by atoms with Crippen LogP contribution in [0, 0.1) is 18.3 Å². The van der Waals surface area contributed by atoms with E-state index in [1.54, 1.807) is 50.0 Å². The molecule has 0 spiro atoms. The number of esters is 1. The molecule has 46 heavy (non-hydrogen) atoms. The number of halogens is 3. The summed E-state index contributed by atoms with van der Waals surface area (Å²) >= 11 is 0. The number of aryl methyl sites for hydroxylation is 1. The second kappa shape index (κ2) is 13.8. The second-order valence-corrected chi connectivity index (χ2v) is 13.2. The van der Waals surface area contributed by atoms with Crippen LogP contribution in [0.3, 0.4) is 0 Å². The maximum Gasteiger partial charge on any atom is 0.435 e. The topological polar surface area (TPSA) is 154 Å². The normalized spacial score (nSPS) is 15.6. The van der Waals surface area contributed by atoms with E-state index >= 15 is 0 Å². The highest BCUT2D eigenvalue weighted by molar-refractivity contribution is 7.90. The maximum absolute atomic E-state index is 13.5. The Hall–Kier alpha value is -4.67. The molecule has 1 aliphatic heterocycles. The molecule has 248 valence electrons. The van der Waals surface area contributed by atoms with Crippen LogP contribution in [0.25, 0.3) is 16.9 Å². The summed E-state index contributed by atoms with van der Waals surface area (Å²) in [6.07, 6.45) is -5.32. The van der Waals surface area contributed by atoms with Crippen molar-refractivity contribution in [3.05, 3.63) is 65.9 Å². The fourth-order valence-electron chi connectivity index (χ4n) is 4.23. The van der Waals surface area contributed by atoms with Crippen LogP contribution in [0.15, 0.2) is 70.0 Å². The van der Waals surface area contributed by atoms with Gasteiger partial charge in [0.1, 0.15) is 0 Å². The van der Waals surface area contributed by atoms with Gasteiger partial charge in [-0.3, -0.25) is 9.80 Å². The van der Waals surface area contributed by atoms with Crippen LogP contribution in [0.5, 0.6) is 0 Å². The third kappa shape index (κ3) is 8.95. The molecule has 1 amide bonds. The van der Waals surface area contributed by atoms with Gasteiger partial charge >= 0.3 is 18.2 Å². The molecule has 1 unspecified atom stereocenters. The van der Waals surface area contributed by atoms with Crippen LogP contribution in [-0.2, 0) is 35.3 Å². The number of aromatic nitrogens is 2. The molecule has 0 radical (unpaired) electrons. The van der Waals surface area contributed by atoms with Crippen LogP contribution in [0.4, 0.5) is 18.0 Å². The summed E-state index contributed by atoms with van der Waals surface area (Å²) in [7, 11) is -4.36. The summed E-state index contributed by atoms with van der Waals surface area (Å²) in [4.78, 5) is 28.5. The summed E-state index contributed by atoms with van der Waals surface area (Å²) in [5.74, 6) is -0.619. The summed E-state index contributed by atoms with van der Waals surface area (Å²) in [6.45, 7) is 7.27. The summed E-state index contributed by atoms with van der Waals surface area (Å²) in [5.41, 5.74) is -0.0558. The number of rotatable bonds is 10. The number of carbonyl (C=O) groups is 2. The largest absolute Gasteiger partial charge is 0.448 e. The van der Waals surface area contributed by atoms with Crippen molar-refractivity contribution >= 4 is 22.1 Å². The summed E-state index contributed by atoms with van der Waals surface area (Å²) in [6, 6.07) is 12.6. The van der Waals surface area contributed by atoms with Crippen LogP contribution in [0.1, 0.15) is 38.4 Å². The van der Waals surface area contributed by atoms with Gasteiger partial charge in [0.25, 0.3) is 16.8 Å². The van der Waals surface area contributed by atoms with Crippen molar-refractivity contribution < 1.29 is 45.5 Å². The van der Waals surface area contributed by atoms with Crippen molar-refractivity contribution in [3.63, 3.8) is 0 Å². The number of nitrogens with one attached hydrogen (secondary N) is 1. The van der Waals surface area contributed by atoms with E-state index in [1.165, 1.54) is 12.1 Å². The fraction of sp³-hybridized carbons (Fsp3) is 0.414. The van der Waals surface area contributed by atoms with Gasteiger partial charge in [-0.15, -0.1) is 0 Å². The van der Waals surface area contributed by atoms with E-state index in [1.807, 2.05) is 11.6 Å². The Morgan fingerprint density at radius 1 is 1.04 bits per heavy atom. The van der Waals surface area contributed by atoms with Crippen LogP contribution < -0.4 is 4.72 Å². The molecule has 1 saturated heterocycles. The Morgan fingerprint density at radius 3 is 2.35 bits per heavy atom. The van der Waals surface area contributed by atoms with Gasteiger partial charge < -0.3 is 14.3 Å². The van der Waals surface area contributed by atoms with E-state index < -0.39 is 46.2 Å². The third-order valence-electron chi connectivity index (χ3n) is 6.75. The molecule has 2 heterocycles. The summed E-state index contributed by atoms with van der Waals surface area (Å²) in [5, 5.41) is 12.6. The monoisotopic (exact) mass is 666 g/mol. The van der Waals surface area contributed by atoms with Gasteiger partial charge in [-0.05, 0) is 69.7 Å². The molecule has 2 aromatic carbocycles. The van der Waals surface area contributed by atoms with Gasteiger partial charge in [0.2, 0.25) is 0 Å². The Labute approximate surface area is 263 Å². The minimum Gasteiger partial charge on any atom is -0.448 e. The van der Waals surface area contributed by atoms with Gasteiger partial charge in [0.15, 0.2) is 5.69 Å². The highest BCUT2D eigenvalue weighted by Crippen LogP contribution is 2.33. The predicted molar refractivity (Wildman–Crippen MR) is 156 cm³/mol. The van der Waals surface area contributed by atoms with Crippen molar-refractivity contribution in [2.45, 2.75) is 45.2 Å². The molecule has 1 aromatic heterocycles. The van der Waals surface area contributed by atoms with Crippen molar-refractivity contribution in [1.82, 2.24) is 19.5 Å². The number of hydrogen-bond donors (Lipinski definition) is 1. The average molecular weight is 667 g/mol. The zero-order valence-electron chi connectivity index (χ0n) is 25.4. The molecule has 0 aliphatic carbocycles. The van der Waals surface area contributed by atoms with E-state index in [0.717, 1.165) is 28.4 Å². The molecule has 17 heteroatoms. The van der Waals surface area contributed by atoms with Gasteiger partial charge in [-0.1, -0.05) is 29.8 Å². The highest BCUT2D eigenvalue weighted by atomic mass is 32.2. The van der Waals surface area contributed by atoms with Gasteiger partial charge in [-0.25, -0.2) is 22.6 Å². The standard InChI is InChI=1S/C29H33F3N6O7S/c1-19-5-7-21(8-6-19)24-15-25(29(30,31)32)33-38(24)22-9-11-23(12-10-22)46(41,42)34-27(40)43-17-20-13-14-37(16-20)35-36-45-18-44-26(39)28(2,3)4/h5-12,15,20H,13-14,16-18H2,1-4H3,(H,34,40). The third-order valence-corrected chi connectivity index (χ3v) is 8.07. The zero-order chi connectivity index (χ0) is 33.7. The molecule has 1 fully saturated rings. The van der Waals surface area contributed by atoms with Gasteiger partial charge in [0, 0.05) is 29.8 Å². The average Bonchev–Trinajstić information content (AvgIpc) is 3.63. The zero-order valence-corrected chi connectivity index (χ0v) is 26.3. The minimum atomic E-state index is -4.70. The number of benzene rings is 2. The van der Waals surface area contributed by atoms with Crippen LogP contribution in [-0.4, -0.2) is 61.8 Å². The lowest BCUT2D eigenvalue weighted by atomic mass is 9.98. The van der Waals surface area contributed by atoms with Gasteiger partial charge in [0.05, 0.1) is 28.3 Å². The lowest BCUT2D eigenvalue weighted by Gasteiger charge is -2.15. The Bertz CT molecular complexity index is 1670. The molecule has 4 rings (SSSR count). The quantitative estimate of drug-likeness (QED) is 0.0979. The van der Waals surface area contributed by atoms with Crippen molar-refractivity contribution in [1.29, 1.82) is 0 Å². The smallest absolute Gasteiger partial charge is 0.435 e. The lowest BCUT2D eigenvalue weighted by molar-refractivity contribution is -0.167. The second-order valence-electron chi connectivity index (χ2n) is 11.6. The first-order valence-corrected chi connectivity index (χ1v) is 15.5. The van der Waals surface area contributed by atoms with E-state index in [2.05, 4.69) is 15.6 Å². The van der Waals surface area contributed by atoms with E-state index in [4.69, 9.17) is 14.3 Å². The van der Waals surface area contributed by atoms with E-state index in [0.29, 0.717) is 25.1 Å². The number of ether oxygens (including phenoxy) is 2. The Kier molecular flexibility index (Phi) is 10.2. The molecular formula is C29H33F3N6O7S. The number of carbonyl (C=O) groups excluding carboxylic acids is 2. The van der Waals surface area contributed by atoms with Crippen LogP contribution in [0.2, 0.25) is 0 Å². The van der Waals surface area contributed by atoms with Crippen molar-refractivity contribution in [2.24, 2.45) is 21.8 Å². The first-order chi connectivity index (χ1) is 21.5. The molecule has 1 atom stereocenters. The van der Waals surface area contributed by atoms with Crippen molar-refractivity contribution in [3.8, 4) is 16.9 Å². The number of hydrogen-bond acceptors (Lipinski definition) is 10. The number of amides is 1. The fourth-order valence-corrected chi connectivity index (χ4v) is 5.12. The van der Waals surface area contributed by atoms with Crippen LogP contribution >= 0.6 is 0 Å². The Morgan fingerprint density at radius 2 is 1.72 bits per heavy atom. The first kappa shape index (κ1) is 34.2. The van der Waals surface area contributed by atoms with Gasteiger partial charge in [-0.2, -0.15) is 18.3 Å². The Balaban J connectivity index is 1.31. The highest BCUT2D eigenvalue weighted by Gasteiger charge is 2.35. The van der Waals surface area contributed by atoms with Crippen molar-refractivity contribution in [2.75, 3.05) is 26.5 Å². The number of nitrogens with zero attached hydrogens (tertiary/aromatic N) is 5. The van der Waals surface area contributed by atoms with E-state index in [9.17, 15) is 31.2 Å². The number of sulfonamides is 1. The molecule has 3 aromatic rings. The van der Waals surface area contributed by atoms with E-state index in [-0.39, 0.29) is 28.8 Å². The maximum atomic E-state index is 13.5. The summed E-state index contributed by atoms with van der Waals surface area (Å²) < 4.78 is 79.0. The molecule has 1 aliphatic rings. The molecule has 0 bridgehead atoms. The molecule has 1 N–H and O–H groups in total. The minimum absolute atomic E-state index is 0.0982. The number of alkyl halides is 3. The first-order valence-electron chi connectivity index (χ1n) is 14.0. The predicted octanol–water partition coefficient (Wildman–Crippen LogP) is 5.45. The molecular weight excluding hydrogens is 633 g/mol. The SMILES string of the molecule is Cc1ccc(-c2cc(C(F)(F)F)nn2-c2ccc(S(=O)(=O)NC(=O)OCC3CCN(N=NOCOC(=O)C(C)(C)C)C3)cc2)cc1. The molecule has 0 saturated carbocycles. The molecule has 13 nitrogen and oxygen atoms in total.